The maximum atomic E-state index is 5.99. The molecule has 1 atom stereocenters. The van der Waals surface area contributed by atoms with E-state index >= 15 is 0 Å². The molecule has 1 aliphatic heterocycles. The topological polar surface area (TPSA) is 51.6 Å². The molecule has 4 nitrogen and oxygen atoms in total. The normalized spacial score (nSPS) is 19.5. The molecule has 1 saturated heterocycles. The lowest BCUT2D eigenvalue weighted by Crippen LogP contribution is -2.33. The number of hydrogen-bond acceptors (Lipinski definition) is 4. The molecule has 1 aromatic heterocycles. The van der Waals surface area contributed by atoms with Gasteiger partial charge in [-0.3, -0.25) is 4.90 Å². The fourth-order valence-corrected chi connectivity index (χ4v) is 3.11. The molecule has 2 heterocycles. The Balaban J connectivity index is 1.71. The molecule has 1 aliphatic rings. The second-order valence-electron chi connectivity index (χ2n) is 5.89. The van der Waals surface area contributed by atoms with Gasteiger partial charge in [0.05, 0.1) is 12.6 Å². The van der Waals surface area contributed by atoms with Crippen molar-refractivity contribution in [2.24, 2.45) is 5.73 Å². The molecule has 4 heteroatoms. The second-order valence-corrected chi connectivity index (χ2v) is 5.89. The largest absolute Gasteiger partial charge is 0.459 e. The Kier molecular flexibility index (Phi) is 4.58. The summed E-state index contributed by atoms with van der Waals surface area (Å²) in [7, 11) is 2.12. The van der Waals surface area contributed by atoms with Gasteiger partial charge in [-0.1, -0.05) is 18.2 Å². The summed E-state index contributed by atoms with van der Waals surface area (Å²) < 4.78 is 11.8. The van der Waals surface area contributed by atoms with E-state index in [4.69, 9.17) is 14.9 Å². The smallest absolute Gasteiger partial charge is 0.134 e. The standard InChI is InChI=1S/C17H24N2O2/c1-19(11-13-6-4-5-9-20-13)12-17-15(10-18)14-7-2-3-8-16(14)21-17/h2-3,7-8,13H,4-6,9-12,18H2,1H3. The Labute approximate surface area is 125 Å². The van der Waals surface area contributed by atoms with Gasteiger partial charge in [-0.25, -0.2) is 0 Å². The molecule has 2 N–H and O–H groups in total. The van der Waals surface area contributed by atoms with Gasteiger partial charge in [0.2, 0.25) is 0 Å². The molecular weight excluding hydrogens is 264 g/mol. The van der Waals surface area contributed by atoms with Crippen LogP contribution in [-0.4, -0.2) is 31.2 Å². The number of fused-ring (bicyclic) bond motifs is 1. The van der Waals surface area contributed by atoms with Gasteiger partial charge in [-0.15, -0.1) is 0 Å². The molecule has 0 amide bonds. The van der Waals surface area contributed by atoms with E-state index in [1.54, 1.807) is 0 Å². The van der Waals surface area contributed by atoms with E-state index in [0.717, 1.165) is 48.4 Å². The lowest BCUT2D eigenvalue weighted by atomic mass is 10.1. The van der Waals surface area contributed by atoms with Crippen LogP contribution in [0.15, 0.2) is 28.7 Å². The minimum Gasteiger partial charge on any atom is -0.459 e. The molecule has 114 valence electrons. The average molecular weight is 288 g/mol. The molecule has 1 unspecified atom stereocenters. The van der Waals surface area contributed by atoms with E-state index in [9.17, 15) is 0 Å². The van der Waals surface area contributed by atoms with Gasteiger partial charge in [0, 0.05) is 30.6 Å². The molecule has 21 heavy (non-hydrogen) atoms. The summed E-state index contributed by atoms with van der Waals surface area (Å²) in [6.07, 6.45) is 3.99. The van der Waals surface area contributed by atoms with Gasteiger partial charge in [0.25, 0.3) is 0 Å². The van der Waals surface area contributed by atoms with Crippen LogP contribution in [-0.2, 0) is 17.8 Å². The number of hydrogen-bond donors (Lipinski definition) is 1. The highest BCUT2D eigenvalue weighted by molar-refractivity contribution is 5.82. The maximum Gasteiger partial charge on any atom is 0.134 e. The lowest BCUT2D eigenvalue weighted by molar-refractivity contribution is -0.00337. The highest BCUT2D eigenvalue weighted by atomic mass is 16.5. The molecule has 0 radical (unpaired) electrons. The molecular formula is C17H24N2O2. The Bertz CT molecular complexity index is 587. The first kappa shape index (κ1) is 14.6. The Hall–Kier alpha value is -1.36. The quantitative estimate of drug-likeness (QED) is 0.919. The zero-order valence-corrected chi connectivity index (χ0v) is 12.7. The SMILES string of the molecule is CN(Cc1oc2ccccc2c1CN)CC1CCCCO1. The van der Waals surface area contributed by atoms with Crippen LogP contribution in [0.1, 0.15) is 30.6 Å². The van der Waals surface area contributed by atoms with Gasteiger partial charge in [-0.05, 0) is 32.4 Å². The van der Waals surface area contributed by atoms with Gasteiger partial charge in [-0.2, -0.15) is 0 Å². The predicted octanol–water partition coefficient (Wildman–Crippen LogP) is 2.89. The van der Waals surface area contributed by atoms with Gasteiger partial charge < -0.3 is 14.9 Å². The minimum atomic E-state index is 0.356. The summed E-state index contributed by atoms with van der Waals surface area (Å²) in [6, 6.07) is 8.10. The van der Waals surface area contributed by atoms with Crippen molar-refractivity contribution >= 4 is 11.0 Å². The monoisotopic (exact) mass is 288 g/mol. The van der Waals surface area contributed by atoms with Crippen LogP contribution < -0.4 is 5.73 Å². The average Bonchev–Trinajstić information content (AvgIpc) is 2.85. The third-order valence-corrected chi connectivity index (χ3v) is 4.19. The number of nitrogens with zero attached hydrogens (tertiary/aromatic N) is 1. The second kappa shape index (κ2) is 6.60. The third kappa shape index (κ3) is 3.28. The van der Waals surface area contributed by atoms with Crippen molar-refractivity contribution in [3.05, 3.63) is 35.6 Å². The Morgan fingerprint density at radius 2 is 2.14 bits per heavy atom. The first-order valence-corrected chi connectivity index (χ1v) is 7.77. The summed E-state index contributed by atoms with van der Waals surface area (Å²) in [5, 5.41) is 1.14. The molecule has 0 saturated carbocycles. The van der Waals surface area contributed by atoms with Crippen molar-refractivity contribution in [1.29, 1.82) is 0 Å². The molecule has 1 aromatic carbocycles. The van der Waals surface area contributed by atoms with Crippen molar-refractivity contribution in [1.82, 2.24) is 4.90 Å². The number of furan rings is 1. The highest BCUT2D eigenvalue weighted by Gasteiger charge is 2.18. The number of nitrogens with two attached hydrogens (primary N) is 1. The summed E-state index contributed by atoms with van der Waals surface area (Å²) in [6.45, 7) is 3.14. The fourth-order valence-electron chi connectivity index (χ4n) is 3.11. The van der Waals surface area contributed by atoms with E-state index in [2.05, 4.69) is 18.0 Å². The predicted molar refractivity (Wildman–Crippen MR) is 84.0 cm³/mol. The van der Waals surface area contributed by atoms with E-state index in [-0.39, 0.29) is 0 Å². The van der Waals surface area contributed by atoms with E-state index in [1.165, 1.54) is 12.8 Å². The summed E-state index contributed by atoms with van der Waals surface area (Å²) >= 11 is 0. The van der Waals surface area contributed by atoms with Gasteiger partial charge in [0.15, 0.2) is 0 Å². The molecule has 2 aromatic rings. The van der Waals surface area contributed by atoms with Crippen molar-refractivity contribution in [3.8, 4) is 0 Å². The lowest BCUT2D eigenvalue weighted by Gasteiger charge is -2.27. The number of rotatable bonds is 5. The zero-order chi connectivity index (χ0) is 14.7. The zero-order valence-electron chi connectivity index (χ0n) is 12.7. The van der Waals surface area contributed by atoms with Crippen LogP contribution in [0.2, 0.25) is 0 Å². The number of likely N-dealkylation sites (N-methyl/N-ethyl adjacent to an activating group) is 1. The van der Waals surface area contributed by atoms with Crippen LogP contribution in [0.25, 0.3) is 11.0 Å². The Morgan fingerprint density at radius 1 is 1.29 bits per heavy atom. The number of benzene rings is 1. The Morgan fingerprint density at radius 3 is 2.90 bits per heavy atom. The van der Waals surface area contributed by atoms with Crippen molar-refractivity contribution in [2.45, 2.75) is 38.5 Å². The summed E-state index contributed by atoms with van der Waals surface area (Å²) in [5.41, 5.74) is 7.97. The highest BCUT2D eigenvalue weighted by Crippen LogP contribution is 2.26. The van der Waals surface area contributed by atoms with Crippen LogP contribution in [0.5, 0.6) is 0 Å². The van der Waals surface area contributed by atoms with Crippen LogP contribution >= 0.6 is 0 Å². The van der Waals surface area contributed by atoms with Crippen LogP contribution in [0, 0.1) is 0 Å². The molecule has 0 aliphatic carbocycles. The van der Waals surface area contributed by atoms with Crippen molar-refractivity contribution in [3.63, 3.8) is 0 Å². The first-order valence-electron chi connectivity index (χ1n) is 7.77. The van der Waals surface area contributed by atoms with E-state index in [1.807, 2.05) is 18.2 Å². The molecule has 0 bridgehead atoms. The van der Waals surface area contributed by atoms with Crippen LogP contribution in [0.3, 0.4) is 0 Å². The number of ether oxygens (including phenoxy) is 1. The minimum absolute atomic E-state index is 0.356. The van der Waals surface area contributed by atoms with E-state index in [0.29, 0.717) is 12.6 Å². The van der Waals surface area contributed by atoms with Gasteiger partial charge >= 0.3 is 0 Å². The van der Waals surface area contributed by atoms with Crippen LogP contribution in [0.4, 0.5) is 0 Å². The molecule has 3 rings (SSSR count). The van der Waals surface area contributed by atoms with Crippen molar-refractivity contribution < 1.29 is 9.15 Å². The third-order valence-electron chi connectivity index (χ3n) is 4.19. The van der Waals surface area contributed by atoms with E-state index < -0.39 is 0 Å². The summed E-state index contributed by atoms with van der Waals surface area (Å²) in [4.78, 5) is 2.27. The van der Waals surface area contributed by atoms with Gasteiger partial charge in [0.1, 0.15) is 11.3 Å². The fraction of sp³-hybridized carbons (Fsp3) is 0.529. The molecule has 0 spiro atoms. The first-order chi connectivity index (χ1) is 10.3. The number of para-hydroxylation sites is 1. The maximum absolute atomic E-state index is 5.99. The van der Waals surface area contributed by atoms with Crippen molar-refractivity contribution in [2.75, 3.05) is 20.2 Å². The summed E-state index contributed by atoms with van der Waals surface area (Å²) in [5.74, 6) is 0.983. The molecule has 1 fully saturated rings.